The first-order valence-electron chi connectivity index (χ1n) is 5.34. The van der Waals surface area contributed by atoms with Crippen molar-refractivity contribution in [1.82, 2.24) is 0 Å². The molecular formula is C12H17NO2S. The average Bonchev–Trinajstić information content (AvgIpc) is 2.30. The Morgan fingerprint density at radius 2 is 2.06 bits per heavy atom. The highest BCUT2D eigenvalue weighted by atomic mass is 32.2. The number of benzene rings is 1. The first-order valence-corrected chi connectivity index (χ1v) is 6.56. The number of thioether (sulfide) groups is 1. The number of rotatable bonds is 5. The highest BCUT2D eigenvalue weighted by Crippen LogP contribution is 2.17. The molecule has 3 nitrogen and oxygen atoms in total. The number of nitrogens with one attached hydrogen (secondary N) is 1. The maximum absolute atomic E-state index is 11.3. The van der Waals surface area contributed by atoms with Gasteiger partial charge in [-0.05, 0) is 36.9 Å². The Labute approximate surface area is 101 Å². The third kappa shape index (κ3) is 4.57. The van der Waals surface area contributed by atoms with Gasteiger partial charge in [0.05, 0.1) is 6.61 Å². The van der Waals surface area contributed by atoms with Gasteiger partial charge in [0.25, 0.3) is 0 Å². The van der Waals surface area contributed by atoms with Crippen LogP contribution in [-0.4, -0.2) is 19.0 Å². The normalized spacial score (nSPS) is 9.88. The second-order valence-electron chi connectivity index (χ2n) is 3.34. The largest absolute Gasteiger partial charge is 0.449 e. The maximum Gasteiger partial charge on any atom is 0.411 e. The van der Waals surface area contributed by atoms with Crippen LogP contribution in [0.25, 0.3) is 0 Å². The number of hydrogen-bond acceptors (Lipinski definition) is 3. The van der Waals surface area contributed by atoms with E-state index in [2.05, 4.69) is 12.2 Å². The molecular weight excluding hydrogens is 222 g/mol. The van der Waals surface area contributed by atoms with Crippen LogP contribution < -0.4 is 5.32 Å². The van der Waals surface area contributed by atoms with E-state index in [4.69, 9.17) is 4.74 Å². The molecule has 1 aromatic carbocycles. The highest BCUT2D eigenvalue weighted by Gasteiger charge is 2.02. The van der Waals surface area contributed by atoms with Gasteiger partial charge in [0.2, 0.25) is 0 Å². The van der Waals surface area contributed by atoms with Crippen molar-refractivity contribution in [1.29, 1.82) is 0 Å². The third-order valence-corrected chi connectivity index (χ3v) is 2.81. The minimum atomic E-state index is -0.384. The molecule has 1 rings (SSSR count). The number of carbonyl (C=O) groups is 1. The summed E-state index contributed by atoms with van der Waals surface area (Å²) >= 11 is 1.67. The Morgan fingerprint density at radius 1 is 1.38 bits per heavy atom. The molecule has 16 heavy (non-hydrogen) atoms. The lowest BCUT2D eigenvalue weighted by molar-refractivity contribution is 0.160. The predicted octanol–water partition coefficient (Wildman–Crippen LogP) is 3.76. The van der Waals surface area contributed by atoms with E-state index < -0.39 is 0 Å². The van der Waals surface area contributed by atoms with E-state index in [9.17, 15) is 4.79 Å². The van der Waals surface area contributed by atoms with Gasteiger partial charge in [-0.3, -0.25) is 5.32 Å². The van der Waals surface area contributed by atoms with Crippen LogP contribution in [0.3, 0.4) is 0 Å². The number of unbranched alkanes of at least 4 members (excludes halogenated alkanes) is 1. The molecule has 0 atom stereocenters. The fourth-order valence-corrected chi connectivity index (χ4v) is 1.55. The van der Waals surface area contributed by atoms with E-state index in [1.807, 2.05) is 30.5 Å². The summed E-state index contributed by atoms with van der Waals surface area (Å²) in [4.78, 5) is 12.5. The molecule has 4 heteroatoms. The second kappa shape index (κ2) is 7.17. The molecule has 1 amide bonds. The zero-order valence-electron chi connectivity index (χ0n) is 9.66. The Balaban J connectivity index is 2.37. The summed E-state index contributed by atoms with van der Waals surface area (Å²) in [6.07, 6.45) is 3.56. The summed E-state index contributed by atoms with van der Waals surface area (Å²) in [6.45, 7) is 2.54. The fraction of sp³-hybridized carbons (Fsp3) is 0.417. The van der Waals surface area contributed by atoms with Crippen molar-refractivity contribution in [2.75, 3.05) is 18.2 Å². The van der Waals surface area contributed by atoms with E-state index in [0.29, 0.717) is 6.61 Å². The summed E-state index contributed by atoms with van der Waals surface area (Å²) in [5, 5.41) is 2.68. The van der Waals surface area contributed by atoms with Crippen molar-refractivity contribution in [3.05, 3.63) is 24.3 Å². The van der Waals surface area contributed by atoms with Crippen molar-refractivity contribution in [2.45, 2.75) is 24.7 Å². The molecule has 0 aliphatic rings. The average molecular weight is 239 g/mol. The minimum absolute atomic E-state index is 0.384. The van der Waals surface area contributed by atoms with Crippen molar-refractivity contribution in [3.8, 4) is 0 Å². The fourth-order valence-electron chi connectivity index (χ4n) is 1.14. The summed E-state index contributed by atoms with van der Waals surface area (Å²) in [5.41, 5.74) is 0.763. The molecule has 0 saturated carbocycles. The smallest absolute Gasteiger partial charge is 0.411 e. The van der Waals surface area contributed by atoms with Crippen LogP contribution in [0.15, 0.2) is 29.2 Å². The third-order valence-electron chi connectivity index (χ3n) is 2.07. The molecule has 0 fully saturated rings. The van der Waals surface area contributed by atoms with Crippen molar-refractivity contribution >= 4 is 23.5 Å². The van der Waals surface area contributed by atoms with E-state index >= 15 is 0 Å². The zero-order chi connectivity index (χ0) is 11.8. The quantitative estimate of drug-likeness (QED) is 0.628. The van der Waals surface area contributed by atoms with E-state index in [1.165, 1.54) is 4.90 Å². The Hall–Kier alpha value is -1.16. The number of ether oxygens (including phenoxy) is 1. The molecule has 0 radical (unpaired) electrons. The minimum Gasteiger partial charge on any atom is -0.449 e. The molecule has 0 aliphatic carbocycles. The molecule has 0 spiro atoms. The van der Waals surface area contributed by atoms with Crippen LogP contribution in [0.4, 0.5) is 10.5 Å². The molecule has 1 aromatic rings. The first-order chi connectivity index (χ1) is 7.76. The molecule has 88 valence electrons. The second-order valence-corrected chi connectivity index (χ2v) is 4.22. The van der Waals surface area contributed by atoms with Crippen molar-refractivity contribution in [2.24, 2.45) is 0 Å². The first kappa shape index (κ1) is 12.9. The molecule has 0 heterocycles. The number of amides is 1. The van der Waals surface area contributed by atoms with Gasteiger partial charge in [-0.1, -0.05) is 13.3 Å². The number of anilines is 1. The van der Waals surface area contributed by atoms with Gasteiger partial charge < -0.3 is 4.74 Å². The van der Waals surface area contributed by atoms with Crippen LogP contribution in [-0.2, 0) is 4.74 Å². The molecule has 0 bridgehead atoms. The summed E-state index contributed by atoms with van der Waals surface area (Å²) in [6, 6.07) is 7.67. The SMILES string of the molecule is CCCCOC(=O)Nc1ccc(SC)cc1. The molecule has 0 unspecified atom stereocenters. The Morgan fingerprint density at radius 3 is 2.62 bits per heavy atom. The molecule has 0 aliphatic heterocycles. The topological polar surface area (TPSA) is 38.3 Å². The van der Waals surface area contributed by atoms with Crippen molar-refractivity contribution < 1.29 is 9.53 Å². The van der Waals surface area contributed by atoms with Gasteiger partial charge in [0, 0.05) is 10.6 Å². The highest BCUT2D eigenvalue weighted by molar-refractivity contribution is 7.98. The van der Waals surface area contributed by atoms with Crippen LogP contribution in [0.5, 0.6) is 0 Å². The molecule has 1 N–H and O–H groups in total. The summed E-state index contributed by atoms with van der Waals surface area (Å²) in [7, 11) is 0. The Kier molecular flexibility index (Phi) is 5.78. The van der Waals surface area contributed by atoms with Gasteiger partial charge in [0.1, 0.15) is 0 Å². The van der Waals surface area contributed by atoms with E-state index in [-0.39, 0.29) is 6.09 Å². The van der Waals surface area contributed by atoms with Crippen LogP contribution in [0.2, 0.25) is 0 Å². The van der Waals surface area contributed by atoms with Gasteiger partial charge >= 0.3 is 6.09 Å². The monoisotopic (exact) mass is 239 g/mol. The molecule has 0 aromatic heterocycles. The van der Waals surface area contributed by atoms with Crippen LogP contribution in [0, 0.1) is 0 Å². The van der Waals surface area contributed by atoms with E-state index in [0.717, 1.165) is 18.5 Å². The van der Waals surface area contributed by atoms with Crippen molar-refractivity contribution in [3.63, 3.8) is 0 Å². The van der Waals surface area contributed by atoms with Gasteiger partial charge in [0.15, 0.2) is 0 Å². The summed E-state index contributed by atoms with van der Waals surface area (Å²) < 4.78 is 4.99. The predicted molar refractivity (Wildman–Crippen MR) is 68.1 cm³/mol. The lowest BCUT2D eigenvalue weighted by Gasteiger charge is -2.06. The van der Waals surface area contributed by atoms with E-state index in [1.54, 1.807) is 11.8 Å². The number of carbonyl (C=O) groups excluding carboxylic acids is 1. The van der Waals surface area contributed by atoms with Gasteiger partial charge in [-0.15, -0.1) is 11.8 Å². The lowest BCUT2D eigenvalue weighted by atomic mass is 10.3. The number of hydrogen-bond donors (Lipinski definition) is 1. The zero-order valence-corrected chi connectivity index (χ0v) is 10.5. The molecule has 0 saturated heterocycles. The standard InChI is InChI=1S/C12H17NO2S/c1-3-4-9-15-12(14)13-10-5-7-11(16-2)8-6-10/h5-8H,3-4,9H2,1-2H3,(H,13,14). The maximum atomic E-state index is 11.3. The lowest BCUT2D eigenvalue weighted by Crippen LogP contribution is -2.14. The van der Waals surface area contributed by atoms with Gasteiger partial charge in [-0.2, -0.15) is 0 Å². The van der Waals surface area contributed by atoms with Crippen LogP contribution in [0.1, 0.15) is 19.8 Å². The van der Waals surface area contributed by atoms with Crippen LogP contribution >= 0.6 is 11.8 Å². The summed E-state index contributed by atoms with van der Waals surface area (Å²) in [5.74, 6) is 0. The Bertz CT molecular complexity index is 324. The van der Waals surface area contributed by atoms with Gasteiger partial charge in [-0.25, -0.2) is 4.79 Å².